The molecular formula is C19H25FN4O. The maximum atomic E-state index is 13.1. The van der Waals surface area contributed by atoms with Gasteiger partial charge in [-0.05, 0) is 49.9 Å². The number of anilines is 1. The van der Waals surface area contributed by atoms with Crippen LogP contribution in [0.25, 0.3) is 0 Å². The van der Waals surface area contributed by atoms with Crippen LogP contribution in [-0.4, -0.2) is 40.7 Å². The molecule has 3 rings (SSSR count). The summed E-state index contributed by atoms with van der Waals surface area (Å²) in [7, 11) is 3.51. The number of benzene rings is 1. The molecule has 0 fully saturated rings. The Labute approximate surface area is 147 Å². The third-order valence-corrected chi connectivity index (χ3v) is 4.61. The van der Waals surface area contributed by atoms with Crippen LogP contribution in [0.2, 0.25) is 0 Å². The standard InChI is InChI=1S/C19H25FN4O/c1-4-11-24-17-10-9-15(21-14-7-5-13(20)6-8-14)12-16(17)18(22-24)19(25)23(2)3/h5-8,15,21H,4,9-12H2,1-3H3. The molecule has 1 unspecified atom stereocenters. The van der Waals surface area contributed by atoms with Gasteiger partial charge in [0.05, 0.1) is 0 Å². The maximum absolute atomic E-state index is 13.1. The van der Waals surface area contributed by atoms with E-state index < -0.39 is 0 Å². The summed E-state index contributed by atoms with van der Waals surface area (Å²) >= 11 is 0. The first kappa shape index (κ1) is 17.5. The zero-order chi connectivity index (χ0) is 18.0. The van der Waals surface area contributed by atoms with Crippen molar-refractivity contribution in [1.82, 2.24) is 14.7 Å². The zero-order valence-electron chi connectivity index (χ0n) is 15.1. The second kappa shape index (κ2) is 7.25. The molecular weight excluding hydrogens is 319 g/mol. The fourth-order valence-corrected chi connectivity index (χ4v) is 3.37. The minimum absolute atomic E-state index is 0.0477. The summed E-state index contributed by atoms with van der Waals surface area (Å²) in [6.45, 7) is 2.95. The van der Waals surface area contributed by atoms with E-state index in [1.54, 1.807) is 31.1 Å². The second-order valence-electron chi connectivity index (χ2n) is 6.79. The first-order chi connectivity index (χ1) is 12.0. The van der Waals surface area contributed by atoms with Crippen LogP contribution in [-0.2, 0) is 19.4 Å². The highest BCUT2D eigenvalue weighted by atomic mass is 19.1. The molecule has 0 spiro atoms. The largest absolute Gasteiger partial charge is 0.382 e. The topological polar surface area (TPSA) is 50.2 Å². The van der Waals surface area contributed by atoms with Crippen LogP contribution in [0.5, 0.6) is 0 Å². The Hall–Kier alpha value is -2.37. The Morgan fingerprint density at radius 3 is 2.72 bits per heavy atom. The molecule has 1 aliphatic carbocycles. The van der Waals surface area contributed by atoms with Gasteiger partial charge in [0.25, 0.3) is 5.91 Å². The summed E-state index contributed by atoms with van der Waals surface area (Å²) in [4.78, 5) is 14.1. The lowest BCUT2D eigenvalue weighted by Gasteiger charge is -2.25. The molecule has 1 amide bonds. The molecule has 1 N–H and O–H groups in total. The highest BCUT2D eigenvalue weighted by molar-refractivity contribution is 5.93. The van der Waals surface area contributed by atoms with Crippen molar-refractivity contribution in [3.05, 3.63) is 47.0 Å². The van der Waals surface area contributed by atoms with Crippen LogP contribution in [0.1, 0.15) is 41.5 Å². The molecule has 0 saturated carbocycles. The molecule has 0 saturated heterocycles. The number of amides is 1. The van der Waals surface area contributed by atoms with Crippen molar-refractivity contribution in [1.29, 1.82) is 0 Å². The van der Waals surface area contributed by atoms with Crippen LogP contribution in [0.4, 0.5) is 10.1 Å². The monoisotopic (exact) mass is 344 g/mol. The normalized spacial score (nSPS) is 16.4. The molecule has 0 radical (unpaired) electrons. The molecule has 1 heterocycles. The summed E-state index contributed by atoms with van der Waals surface area (Å²) in [5.41, 5.74) is 3.71. The fourth-order valence-electron chi connectivity index (χ4n) is 3.37. The number of nitrogens with zero attached hydrogens (tertiary/aromatic N) is 3. The van der Waals surface area contributed by atoms with Gasteiger partial charge in [0.1, 0.15) is 5.82 Å². The summed E-state index contributed by atoms with van der Waals surface area (Å²) in [6.07, 6.45) is 3.60. The minimum atomic E-state index is -0.240. The van der Waals surface area contributed by atoms with Crippen molar-refractivity contribution in [3.8, 4) is 0 Å². The average Bonchev–Trinajstić information content (AvgIpc) is 2.94. The number of fused-ring (bicyclic) bond motifs is 1. The molecule has 6 heteroatoms. The van der Waals surface area contributed by atoms with Crippen LogP contribution < -0.4 is 5.32 Å². The van der Waals surface area contributed by atoms with E-state index >= 15 is 0 Å². The van der Waals surface area contributed by atoms with Gasteiger partial charge in [0.15, 0.2) is 5.69 Å². The van der Waals surface area contributed by atoms with Gasteiger partial charge in [-0.2, -0.15) is 5.10 Å². The Kier molecular flexibility index (Phi) is 5.06. The zero-order valence-corrected chi connectivity index (χ0v) is 15.1. The molecule has 1 aromatic carbocycles. The summed E-state index contributed by atoms with van der Waals surface area (Å²) in [6, 6.07) is 6.62. The second-order valence-corrected chi connectivity index (χ2v) is 6.79. The number of hydrogen-bond acceptors (Lipinski definition) is 3. The highest BCUT2D eigenvalue weighted by Gasteiger charge is 2.29. The van der Waals surface area contributed by atoms with E-state index in [0.717, 1.165) is 43.5 Å². The summed E-state index contributed by atoms with van der Waals surface area (Å²) < 4.78 is 15.1. The van der Waals surface area contributed by atoms with E-state index in [2.05, 4.69) is 17.3 Å². The number of halogens is 1. The van der Waals surface area contributed by atoms with Crippen LogP contribution in [0, 0.1) is 5.82 Å². The third-order valence-electron chi connectivity index (χ3n) is 4.61. The Morgan fingerprint density at radius 2 is 2.08 bits per heavy atom. The van der Waals surface area contributed by atoms with Crippen molar-refractivity contribution in [3.63, 3.8) is 0 Å². The van der Waals surface area contributed by atoms with Gasteiger partial charge in [0.2, 0.25) is 0 Å². The quantitative estimate of drug-likeness (QED) is 0.907. The van der Waals surface area contributed by atoms with E-state index in [9.17, 15) is 9.18 Å². The van der Waals surface area contributed by atoms with Crippen LogP contribution >= 0.6 is 0 Å². The highest BCUT2D eigenvalue weighted by Crippen LogP contribution is 2.27. The molecule has 25 heavy (non-hydrogen) atoms. The molecule has 134 valence electrons. The summed E-state index contributed by atoms with van der Waals surface area (Å²) in [5.74, 6) is -0.287. The number of hydrogen-bond donors (Lipinski definition) is 1. The molecule has 0 bridgehead atoms. The number of rotatable bonds is 5. The third kappa shape index (κ3) is 3.67. The van der Waals surface area contributed by atoms with E-state index in [1.807, 2.05) is 4.68 Å². The maximum Gasteiger partial charge on any atom is 0.274 e. The van der Waals surface area contributed by atoms with Gasteiger partial charge in [-0.15, -0.1) is 0 Å². The Balaban J connectivity index is 1.85. The van der Waals surface area contributed by atoms with Crippen LogP contribution in [0.3, 0.4) is 0 Å². The van der Waals surface area contributed by atoms with Crippen LogP contribution in [0.15, 0.2) is 24.3 Å². The molecule has 0 aliphatic heterocycles. The van der Waals surface area contributed by atoms with Gasteiger partial charge >= 0.3 is 0 Å². The number of carbonyl (C=O) groups is 1. The fraction of sp³-hybridized carbons (Fsp3) is 0.474. The molecule has 1 aliphatic rings. The van der Waals surface area contributed by atoms with Gasteiger partial charge < -0.3 is 10.2 Å². The van der Waals surface area contributed by atoms with Crippen molar-refractivity contribution in [2.24, 2.45) is 0 Å². The number of aromatic nitrogens is 2. The predicted octanol–water partition coefficient (Wildman–Crippen LogP) is 3.10. The first-order valence-electron chi connectivity index (χ1n) is 8.82. The lowest BCUT2D eigenvalue weighted by molar-refractivity contribution is 0.0820. The van der Waals surface area contributed by atoms with Gasteiger partial charge in [0, 0.05) is 43.6 Å². The molecule has 2 aromatic rings. The lowest BCUT2D eigenvalue weighted by atomic mass is 9.91. The van der Waals surface area contributed by atoms with Crippen molar-refractivity contribution in [2.75, 3.05) is 19.4 Å². The minimum Gasteiger partial charge on any atom is -0.382 e. The molecule has 5 nitrogen and oxygen atoms in total. The first-order valence-corrected chi connectivity index (χ1v) is 8.82. The lowest BCUT2D eigenvalue weighted by Crippen LogP contribution is -2.30. The molecule has 1 atom stereocenters. The Bertz CT molecular complexity index is 752. The van der Waals surface area contributed by atoms with Gasteiger partial charge in [-0.3, -0.25) is 9.48 Å². The average molecular weight is 344 g/mol. The number of nitrogens with one attached hydrogen (secondary N) is 1. The van der Waals surface area contributed by atoms with E-state index in [-0.39, 0.29) is 17.8 Å². The van der Waals surface area contributed by atoms with E-state index in [0.29, 0.717) is 5.69 Å². The molecule has 1 aromatic heterocycles. The summed E-state index contributed by atoms with van der Waals surface area (Å²) in [5, 5.41) is 8.06. The number of carbonyl (C=O) groups excluding carboxylic acids is 1. The van der Waals surface area contributed by atoms with Crippen molar-refractivity contribution < 1.29 is 9.18 Å². The number of aryl methyl sites for hydroxylation is 1. The SMILES string of the molecule is CCCn1nc(C(=O)N(C)C)c2c1CCC(Nc1ccc(F)cc1)C2. The van der Waals surface area contributed by atoms with Crippen molar-refractivity contribution in [2.45, 2.75) is 45.2 Å². The smallest absolute Gasteiger partial charge is 0.274 e. The van der Waals surface area contributed by atoms with E-state index in [4.69, 9.17) is 0 Å². The Morgan fingerprint density at radius 1 is 1.36 bits per heavy atom. The van der Waals surface area contributed by atoms with Gasteiger partial charge in [-0.1, -0.05) is 6.92 Å². The van der Waals surface area contributed by atoms with Crippen molar-refractivity contribution >= 4 is 11.6 Å². The van der Waals surface area contributed by atoms with Gasteiger partial charge in [-0.25, -0.2) is 4.39 Å². The predicted molar refractivity (Wildman–Crippen MR) is 96.4 cm³/mol. The van der Waals surface area contributed by atoms with E-state index in [1.165, 1.54) is 17.8 Å².